The number of hydrogen-bond acceptors (Lipinski definition) is 1. The lowest BCUT2D eigenvalue weighted by Crippen LogP contribution is -2.36. The Balaban J connectivity index is 1.23. The summed E-state index contributed by atoms with van der Waals surface area (Å²) in [6.45, 7) is 6.62. The Morgan fingerprint density at radius 2 is 1.31 bits per heavy atom. The van der Waals surface area contributed by atoms with Gasteiger partial charge >= 0.3 is 0 Å². The van der Waals surface area contributed by atoms with Crippen molar-refractivity contribution in [2.75, 3.05) is 18.0 Å². The molecule has 2 aliphatic carbocycles. The molecule has 2 heterocycles. The minimum Gasteiger partial charge on any atom is -0.344 e. The number of benzene rings is 2. The standard InChI is InChI=1S/C37H45N2/c1-3-38-32-22-14-12-20-30(32)36(26-16-8-17-27-36)34(38)24-10-6-5-7-11-25-35-37(28-18-9-19-29-37)31-21-13-15-23-33(31)39(35)4-2/h5-7,10-15,20-25H,3-4,8-9,16-19,26-29H2,1-2H3/q+1. The Bertz CT molecular complexity index is 1340. The molecule has 2 saturated carbocycles. The summed E-state index contributed by atoms with van der Waals surface area (Å²) < 4.78 is 2.56. The number of para-hydroxylation sites is 2. The van der Waals surface area contributed by atoms with E-state index in [1.165, 1.54) is 87.0 Å². The molecular weight excluding hydrogens is 472 g/mol. The second-order valence-corrected chi connectivity index (χ2v) is 11.9. The van der Waals surface area contributed by atoms with Crippen LogP contribution in [-0.2, 0) is 10.8 Å². The second kappa shape index (κ2) is 11.2. The third kappa shape index (κ3) is 4.37. The summed E-state index contributed by atoms with van der Waals surface area (Å²) in [6, 6.07) is 18.3. The molecule has 2 heteroatoms. The lowest BCUT2D eigenvalue weighted by molar-refractivity contribution is -0.433. The van der Waals surface area contributed by atoms with Gasteiger partial charge in [-0.1, -0.05) is 105 Å². The first-order valence-electron chi connectivity index (χ1n) is 15.6. The Hall–Kier alpha value is -3.13. The molecule has 0 aromatic heterocycles. The van der Waals surface area contributed by atoms with Crippen LogP contribution in [0.5, 0.6) is 0 Å². The van der Waals surface area contributed by atoms with Crippen LogP contribution in [0.15, 0.2) is 96.8 Å². The van der Waals surface area contributed by atoms with Gasteiger partial charge in [-0.15, -0.1) is 0 Å². The highest BCUT2D eigenvalue weighted by Gasteiger charge is 2.50. The lowest BCUT2D eigenvalue weighted by Gasteiger charge is -2.36. The van der Waals surface area contributed by atoms with Gasteiger partial charge in [-0.3, -0.25) is 0 Å². The van der Waals surface area contributed by atoms with E-state index in [0.717, 1.165) is 13.1 Å². The molecule has 0 unspecified atom stereocenters. The highest BCUT2D eigenvalue weighted by molar-refractivity contribution is 6.03. The second-order valence-electron chi connectivity index (χ2n) is 11.9. The van der Waals surface area contributed by atoms with Gasteiger partial charge in [-0.25, -0.2) is 0 Å². The number of anilines is 1. The minimum atomic E-state index is 0.199. The van der Waals surface area contributed by atoms with Gasteiger partial charge < -0.3 is 4.90 Å². The minimum absolute atomic E-state index is 0.199. The zero-order valence-electron chi connectivity index (χ0n) is 24.0. The SMILES string of the molecule is CCN1C(=CC=CC=CC=CC2=[N+](CC)c3ccccc3C23CCCCC3)C2(CCCCC2)c2ccccc21. The van der Waals surface area contributed by atoms with Crippen molar-refractivity contribution >= 4 is 17.1 Å². The van der Waals surface area contributed by atoms with Crippen molar-refractivity contribution in [1.29, 1.82) is 0 Å². The number of likely N-dealkylation sites (N-methyl/N-ethyl adjacent to an activating group) is 1. The van der Waals surface area contributed by atoms with Crippen molar-refractivity contribution in [3.63, 3.8) is 0 Å². The number of fused-ring (bicyclic) bond motifs is 4. The first-order valence-corrected chi connectivity index (χ1v) is 15.6. The Morgan fingerprint density at radius 1 is 0.692 bits per heavy atom. The van der Waals surface area contributed by atoms with Crippen LogP contribution in [0.3, 0.4) is 0 Å². The molecule has 0 radical (unpaired) electrons. The molecule has 2 nitrogen and oxygen atoms in total. The number of rotatable bonds is 6. The number of allylic oxidation sites excluding steroid dienone is 8. The van der Waals surface area contributed by atoms with Gasteiger partial charge in [0.15, 0.2) is 5.71 Å². The van der Waals surface area contributed by atoms with E-state index >= 15 is 0 Å². The van der Waals surface area contributed by atoms with Crippen molar-refractivity contribution in [3.05, 3.63) is 108 Å². The maximum atomic E-state index is 2.56. The molecule has 0 amide bonds. The van der Waals surface area contributed by atoms with Gasteiger partial charge in [-0.05, 0) is 57.2 Å². The summed E-state index contributed by atoms with van der Waals surface area (Å²) in [6.07, 6.45) is 29.1. The molecule has 0 N–H and O–H groups in total. The topological polar surface area (TPSA) is 6.25 Å². The van der Waals surface area contributed by atoms with E-state index in [0.29, 0.717) is 0 Å². The maximum absolute atomic E-state index is 2.56. The van der Waals surface area contributed by atoms with E-state index in [-0.39, 0.29) is 10.8 Å². The highest BCUT2D eigenvalue weighted by atomic mass is 15.2. The fourth-order valence-corrected chi connectivity index (χ4v) is 8.31. The highest BCUT2D eigenvalue weighted by Crippen LogP contribution is 2.55. The van der Waals surface area contributed by atoms with Gasteiger partial charge in [0.2, 0.25) is 5.69 Å². The summed E-state index contributed by atoms with van der Waals surface area (Å²) in [7, 11) is 0. The third-order valence-corrected chi connectivity index (χ3v) is 9.98. The number of hydrogen-bond donors (Lipinski definition) is 0. The molecule has 202 valence electrons. The summed E-state index contributed by atoms with van der Waals surface area (Å²) in [5, 5.41) is 0. The van der Waals surface area contributed by atoms with Crippen molar-refractivity contribution < 1.29 is 4.58 Å². The smallest absolute Gasteiger partial charge is 0.209 e. The maximum Gasteiger partial charge on any atom is 0.209 e. The Labute approximate surface area is 236 Å². The first-order chi connectivity index (χ1) is 19.2. The van der Waals surface area contributed by atoms with E-state index in [9.17, 15) is 0 Å². The van der Waals surface area contributed by atoms with Gasteiger partial charge in [0, 0.05) is 41.1 Å². The molecule has 6 rings (SSSR count). The molecule has 0 saturated heterocycles. The molecule has 0 atom stereocenters. The summed E-state index contributed by atoms with van der Waals surface area (Å²) in [5.74, 6) is 0. The lowest BCUT2D eigenvalue weighted by atomic mass is 9.67. The predicted molar refractivity (Wildman–Crippen MR) is 166 cm³/mol. The van der Waals surface area contributed by atoms with E-state index in [1.807, 2.05) is 0 Å². The summed E-state index contributed by atoms with van der Waals surface area (Å²) in [5.41, 5.74) is 9.35. The average Bonchev–Trinajstić information content (AvgIpc) is 3.39. The molecule has 39 heavy (non-hydrogen) atoms. The van der Waals surface area contributed by atoms with Crippen LogP contribution in [0.2, 0.25) is 0 Å². The van der Waals surface area contributed by atoms with Gasteiger partial charge in [0.05, 0.1) is 5.41 Å². The van der Waals surface area contributed by atoms with Crippen LogP contribution < -0.4 is 4.90 Å². The molecule has 2 aliphatic heterocycles. The summed E-state index contributed by atoms with van der Waals surface area (Å²) in [4.78, 5) is 2.56. The van der Waals surface area contributed by atoms with Gasteiger partial charge in [-0.2, -0.15) is 4.58 Å². The van der Waals surface area contributed by atoms with Crippen molar-refractivity contribution in [3.8, 4) is 0 Å². The average molecular weight is 518 g/mol. The van der Waals surface area contributed by atoms with E-state index < -0.39 is 0 Å². The zero-order chi connectivity index (χ0) is 26.7. The molecule has 2 spiro atoms. The van der Waals surface area contributed by atoms with E-state index in [1.54, 1.807) is 11.1 Å². The van der Waals surface area contributed by atoms with Crippen LogP contribution in [-0.4, -0.2) is 23.4 Å². The zero-order valence-corrected chi connectivity index (χ0v) is 24.0. The van der Waals surface area contributed by atoms with E-state index in [2.05, 4.69) is 114 Å². The normalized spacial score (nSPS) is 22.8. The molecule has 4 aliphatic rings. The fourth-order valence-electron chi connectivity index (χ4n) is 8.31. The first kappa shape index (κ1) is 26.1. The monoisotopic (exact) mass is 517 g/mol. The van der Waals surface area contributed by atoms with Crippen LogP contribution in [0.4, 0.5) is 11.4 Å². The van der Waals surface area contributed by atoms with Crippen LogP contribution in [0.1, 0.15) is 89.2 Å². The molecular formula is C37H45N2+. The van der Waals surface area contributed by atoms with Gasteiger partial charge in [0.1, 0.15) is 6.54 Å². The fraction of sp³-hybridized carbons (Fsp3) is 0.432. The number of nitrogens with zero attached hydrogens (tertiary/aromatic N) is 2. The van der Waals surface area contributed by atoms with Crippen LogP contribution >= 0.6 is 0 Å². The molecule has 0 bridgehead atoms. The predicted octanol–water partition coefficient (Wildman–Crippen LogP) is 9.30. The largest absolute Gasteiger partial charge is 0.344 e. The van der Waals surface area contributed by atoms with E-state index in [4.69, 9.17) is 0 Å². The molecule has 2 aromatic carbocycles. The van der Waals surface area contributed by atoms with Gasteiger partial charge in [0.25, 0.3) is 0 Å². The van der Waals surface area contributed by atoms with Crippen LogP contribution in [0.25, 0.3) is 0 Å². The Morgan fingerprint density at radius 3 is 2.03 bits per heavy atom. The van der Waals surface area contributed by atoms with Crippen molar-refractivity contribution in [1.82, 2.24) is 0 Å². The van der Waals surface area contributed by atoms with Crippen molar-refractivity contribution in [2.24, 2.45) is 0 Å². The van der Waals surface area contributed by atoms with Crippen LogP contribution in [0, 0.1) is 0 Å². The quantitative estimate of drug-likeness (QED) is 0.273. The molecule has 2 aromatic rings. The Kier molecular flexibility index (Phi) is 7.47. The summed E-state index contributed by atoms with van der Waals surface area (Å²) >= 11 is 0. The van der Waals surface area contributed by atoms with Crippen molar-refractivity contribution in [2.45, 2.75) is 88.9 Å². The third-order valence-electron chi connectivity index (χ3n) is 9.98. The molecule has 2 fully saturated rings.